The molecular formula is C30H36N6O6S2. The Balaban J connectivity index is 1.40. The molecule has 0 amide bonds. The highest BCUT2D eigenvalue weighted by Crippen LogP contribution is 2.36. The molecule has 0 fully saturated rings. The minimum absolute atomic E-state index is 0.171. The van der Waals surface area contributed by atoms with Crippen molar-refractivity contribution in [2.75, 3.05) is 33.6 Å². The molecule has 4 aromatic rings. The molecule has 14 heteroatoms. The first kappa shape index (κ1) is 31.8. The Morgan fingerprint density at radius 2 is 1.89 bits per heavy atom. The number of ether oxygens (including phenoxy) is 2. The predicted molar refractivity (Wildman–Crippen MR) is 166 cm³/mol. The third-order valence-corrected chi connectivity index (χ3v) is 10.3. The molecule has 0 bridgehead atoms. The van der Waals surface area contributed by atoms with Gasteiger partial charge < -0.3 is 14.3 Å². The van der Waals surface area contributed by atoms with Gasteiger partial charge in [0.2, 0.25) is 0 Å². The Kier molecular flexibility index (Phi) is 10.1. The van der Waals surface area contributed by atoms with Crippen molar-refractivity contribution in [3.05, 3.63) is 93.3 Å². The van der Waals surface area contributed by atoms with Gasteiger partial charge in [0.25, 0.3) is 10.0 Å². The molecule has 0 unspecified atom stereocenters. The number of pyridine rings is 1. The predicted octanol–water partition coefficient (Wildman–Crippen LogP) is 4.23. The topological polar surface area (TPSA) is 121 Å². The number of aryl methyl sites for hydroxylation is 1. The van der Waals surface area contributed by atoms with Gasteiger partial charge in [0.1, 0.15) is 22.5 Å². The van der Waals surface area contributed by atoms with Crippen molar-refractivity contribution in [1.82, 2.24) is 28.9 Å². The van der Waals surface area contributed by atoms with Gasteiger partial charge in [0.15, 0.2) is 5.82 Å². The molecule has 0 radical (unpaired) electrons. The van der Waals surface area contributed by atoms with E-state index in [1.807, 2.05) is 44.2 Å². The molecule has 0 spiro atoms. The monoisotopic (exact) mass is 640 g/mol. The summed E-state index contributed by atoms with van der Waals surface area (Å²) in [4.78, 5) is 23.4. The SMILES string of the molecule is CCCc1nn(-c2ccccn2)c(=O)n1Cc1ccc(-c2ccsc2S(=O)(=O)N(COCCOC)N2CC(C)=C(C)O2)cc1. The standard InChI is InChI=1S/C30H36N6O6S2/c1-5-8-28-32-36(27-9-6-7-15-31-27)30(37)33(28)20-24-10-12-25(13-11-24)26-14-18-43-29(26)44(38,39)35(21-41-17-16-40-4)34-19-22(2)23(3)42-34/h6-7,9-15,18H,5,8,16-17,19-21H2,1-4H3. The molecule has 0 atom stereocenters. The summed E-state index contributed by atoms with van der Waals surface area (Å²) in [6, 6.07) is 14.7. The van der Waals surface area contributed by atoms with Gasteiger partial charge in [-0.25, -0.2) is 18.2 Å². The molecule has 0 saturated carbocycles. The molecule has 1 aromatic carbocycles. The maximum atomic E-state index is 14.0. The van der Waals surface area contributed by atoms with E-state index in [0.717, 1.165) is 38.9 Å². The van der Waals surface area contributed by atoms with Crippen LogP contribution in [-0.2, 0) is 37.3 Å². The van der Waals surface area contributed by atoms with E-state index in [9.17, 15) is 13.2 Å². The van der Waals surface area contributed by atoms with Crippen LogP contribution in [0.2, 0.25) is 0 Å². The van der Waals surface area contributed by atoms with E-state index in [2.05, 4.69) is 10.1 Å². The second-order valence-corrected chi connectivity index (χ2v) is 13.2. The molecule has 0 N–H and O–H groups in total. The van der Waals surface area contributed by atoms with E-state index in [1.165, 1.54) is 9.85 Å². The van der Waals surface area contributed by atoms with Crippen molar-refractivity contribution < 1.29 is 22.7 Å². The Hall–Kier alpha value is -3.66. The van der Waals surface area contributed by atoms with E-state index in [-0.39, 0.29) is 23.2 Å². The first-order valence-corrected chi connectivity index (χ1v) is 16.5. The van der Waals surface area contributed by atoms with Crippen LogP contribution in [0.5, 0.6) is 0 Å². The van der Waals surface area contributed by atoms with Crippen molar-refractivity contribution in [1.29, 1.82) is 0 Å². The van der Waals surface area contributed by atoms with Gasteiger partial charge in [-0.1, -0.05) is 46.8 Å². The van der Waals surface area contributed by atoms with Gasteiger partial charge in [-0.05, 0) is 60.5 Å². The van der Waals surface area contributed by atoms with Crippen LogP contribution in [0.25, 0.3) is 16.9 Å². The molecule has 4 heterocycles. The van der Waals surface area contributed by atoms with E-state index in [1.54, 1.807) is 48.4 Å². The molecule has 5 rings (SSSR count). The van der Waals surface area contributed by atoms with Gasteiger partial charge in [0.05, 0.1) is 26.3 Å². The lowest BCUT2D eigenvalue weighted by atomic mass is 10.1. The van der Waals surface area contributed by atoms with Gasteiger partial charge >= 0.3 is 5.69 Å². The lowest BCUT2D eigenvalue weighted by Gasteiger charge is -2.29. The molecule has 1 aliphatic rings. The Bertz CT molecular complexity index is 1750. The van der Waals surface area contributed by atoms with Crippen molar-refractivity contribution in [3.8, 4) is 16.9 Å². The first-order valence-electron chi connectivity index (χ1n) is 14.2. The van der Waals surface area contributed by atoms with E-state index < -0.39 is 10.0 Å². The van der Waals surface area contributed by atoms with E-state index in [4.69, 9.17) is 14.3 Å². The first-order chi connectivity index (χ1) is 21.2. The van der Waals surface area contributed by atoms with Gasteiger partial charge in [-0.15, -0.1) is 16.4 Å². The zero-order valence-corrected chi connectivity index (χ0v) is 26.8. The van der Waals surface area contributed by atoms with Crippen LogP contribution in [0.3, 0.4) is 0 Å². The Labute approximate surface area is 260 Å². The number of hydroxylamine groups is 1. The van der Waals surface area contributed by atoms with Gasteiger partial charge in [0, 0.05) is 25.3 Å². The number of hydrogen-bond acceptors (Lipinski definition) is 10. The van der Waals surface area contributed by atoms with Gasteiger partial charge in [-0.3, -0.25) is 4.57 Å². The molecule has 0 aliphatic carbocycles. The zero-order chi connectivity index (χ0) is 31.3. The second kappa shape index (κ2) is 14.0. The number of aromatic nitrogens is 4. The van der Waals surface area contributed by atoms with Crippen molar-refractivity contribution >= 4 is 21.4 Å². The zero-order valence-electron chi connectivity index (χ0n) is 25.2. The molecule has 44 heavy (non-hydrogen) atoms. The Morgan fingerprint density at radius 1 is 1.09 bits per heavy atom. The average Bonchev–Trinajstić information content (AvgIpc) is 3.73. The molecule has 12 nitrogen and oxygen atoms in total. The van der Waals surface area contributed by atoms with Crippen molar-refractivity contribution in [2.24, 2.45) is 0 Å². The fourth-order valence-corrected chi connectivity index (χ4v) is 7.41. The highest BCUT2D eigenvalue weighted by molar-refractivity contribution is 7.91. The summed E-state index contributed by atoms with van der Waals surface area (Å²) < 4.78 is 43.0. The number of methoxy groups -OCH3 is 1. The van der Waals surface area contributed by atoms with Crippen LogP contribution in [-0.4, -0.2) is 70.9 Å². The largest absolute Gasteiger partial charge is 0.394 e. The maximum absolute atomic E-state index is 14.0. The number of hydrogen-bond donors (Lipinski definition) is 0. The summed E-state index contributed by atoms with van der Waals surface area (Å²) in [5, 5.41) is 7.62. The van der Waals surface area contributed by atoms with Crippen LogP contribution in [0, 0.1) is 0 Å². The molecule has 0 saturated heterocycles. The number of sulfonamides is 1. The number of rotatable bonds is 14. The number of thiophene rings is 1. The van der Waals surface area contributed by atoms with Crippen LogP contribution in [0.15, 0.2) is 80.4 Å². The minimum atomic E-state index is -4.06. The van der Waals surface area contributed by atoms with Crippen LogP contribution in [0.4, 0.5) is 0 Å². The number of nitrogens with zero attached hydrogens (tertiary/aromatic N) is 6. The molecule has 3 aromatic heterocycles. The quantitative estimate of drug-likeness (QED) is 0.147. The molecule has 234 valence electrons. The average molecular weight is 641 g/mol. The van der Waals surface area contributed by atoms with Crippen LogP contribution in [0.1, 0.15) is 38.6 Å². The fraction of sp³-hybridized carbons (Fsp3) is 0.367. The van der Waals surface area contributed by atoms with Crippen molar-refractivity contribution in [3.63, 3.8) is 0 Å². The number of benzene rings is 1. The fourth-order valence-electron chi connectivity index (χ4n) is 4.66. The highest BCUT2D eigenvalue weighted by atomic mass is 32.2. The summed E-state index contributed by atoms with van der Waals surface area (Å²) in [5.41, 5.74) is 2.84. The summed E-state index contributed by atoms with van der Waals surface area (Å²) in [6.45, 7) is 6.67. The van der Waals surface area contributed by atoms with E-state index in [0.29, 0.717) is 49.1 Å². The molecular weight excluding hydrogens is 605 g/mol. The summed E-state index contributed by atoms with van der Waals surface area (Å²) in [5.74, 6) is 1.79. The normalized spacial score (nSPS) is 14.1. The number of allylic oxidation sites excluding steroid dienone is 1. The third-order valence-electron chi connectivity index (χ3n) is 7.12. The van der Waals surface area contributed by atoms with Gasteiger partial charge in [-0.2, -0.15) is 4.68 Å². The molecule has 1 aliphatic heterocycles. The Morgan fingerprint density at radius 3 is 2.55 bits per heavy atom. The third kappa shape index (κ3) is 6.70. The lowest BCUT2D eigenvalue weighted by Crippen LogP contribution is -2.46. The van der Waals surface area contributed by atoms with Crippen LogP contribution < -0.4 is 5.69 Å². The van der Waals surface area contributed by atoms with Crippen LogP contribution >= 0.6 is 11.3 Å². The number of hydrazine groups is 1. The highest BCUT2D eigenvalue weighted by Gasteiger charge is 2.37. The second-order valence-electron chi connectivity index (χ2n) is 10.2. The van der Waals surface area contributed by atoms with Crippen molar-refractivity contribution in [2.45, 2.75) is 44.4 Å². The summed E-state index contributed by atoms with van der Waals surface area (Å²) in [7, 11) is -2.50. The van der Waals surface area contributed by atoms with E-state index >= 15 is 0 Å². The lowest BCUT2D eigenvalue weighted by molar-refractivity contribution is -0.222. The summed E-state index contributed by atoms with van der Waals surface area (Å²) >= 11 is 1.13. The summed E-state index contributed by atoms with van der Waals surface area (Å²) in [6.07, 6.45) is 3.10. The smallest absolute Gasteiger partial charge is 0.352 e. The minimum Gasteiger partial charge on any atom is -0.394 e. The maximum Gasteiger partial charge on any atom is 0.352 e.